The highest BCUT2D eigenvalue weighted by atomic mass is 79.9. The summed E-state index contributed by atoms with van der Waals surface area (Å²) in [4.78, 5) is 9.34. The molecule has 2 aromatic rings. The van der Waals surface area contributed by atoms with E-state index in [0.29, 0.717) is 0 Å². The zero-order valence-electron chi connectivity index (χ0n) is 10.5. The molecule has 96 valence electrons. The van der Waals surface area contributed by atoms with Crippen LogP contribution in [0.2, 0.25) is 0 Å². The molecule has 0 N–H and O–H groups in total. The smallest absolute Gasteiger partial charge is 0.151 e. The summed E-state index contributed by atoms with van der Waals surface area (Å²) in [6, 6.07) is 4.08. The van der Waals surface area contributed by atoms with Crippen molar-refractivity contribution in [2.24, 2.45) is 0 Å². The first-order valence-electron chi connectivity index (χ1n) is 6.25. The third-order valence-electron chi connectivity index (χ3n) is 3.55. The summed E-state index contributed by atoms with van der Waals surface area (Å²) in [7, 11) is 2.18. The van der Waals surface area contributed by atoms with Crippen LogP contribution >= 0.6 is 15.9 Å². The minimum Gasteiger partial charge on any atom is -0.304 e. The first-order valence-corrected chi connectivity index (χ1v) is 7.05. The van der Waals surface area contributed by atoms with Gasteiger partial charge in [-0.3, -0.25) is 4.90 Å². The van der Waals surface area contributed by atoms with Crippen LogP contribution in [-0.2, 0) is 6.54 Å². The average molecular weight is 309 g/mol. The van der Waals surface area contributed by atoms with Crippen molar-refractivity contribution >= 4 is 21.6 Å². The topological polar surface area (TPSA) is 23.8 Å². The molecule has 0 radical (unpaired) electrons. The van der Waals surface area contributed by atoms with Gasteiger partial charge in [-0.25, -0.2) is 4.98 Å². The van der Waals surface area contributed by atoms with Crippen molar-refractivity contribution < 1.29 is 0 Å². The fraction of sp³-hybridized carbons (Fsp3) is 0.462. The Bertz CT molecular complexity index is 543. The summed E-state index contributed by atoms with van der Waals surface area (Å²) >= 11 is 3.54. The van der Waals surface area contributed by atoms with Gasteiger partial charge in [-0.2, -0.15) is 0 Å². The molecule has 1 aliphatic heterocycles. The van der Waals surface area contributed by atoms with Gasteiger partial charge >= 0.3 is 0 Å². The first-order chi connectivity index (χ1) is 8.74. The van der Waals surface area contributed by atoms with Crippen LogP contribution in [0, 0.1) is 0 Å². The van der Waals surface area contributed by atoms with Gasteiger partial charge < -0.3 is 9.30 Å². The molecular weight excluding hydrogens is 292 g/mol. The van der Waals surface area contributed by atoms with Crippen molar-refractivity contribution in [1.29, 1.82) is 0 Å². The molecule has 1 saturated heterocycles. The largest absolute Gasteiger partial charge is 0.304 e. The summed E-state index contributed by atoms with van der Waals surface area (Å²) in [5.74, 6) is 0. The zero-order chi connectivity index (χ0) is 12.5. The molecule has 18 heavy (non-hydrogen) atoms. The molecule has 3 rings (SSSR count). The predicted molar refractivity (Wildman–Crippen MR) is 75.7 cm³/mol. The molecule has 0 bridgehead atoms. The summed E-state index contributed by atoms with van der Waals surface area (Å²) in [6.45, 7) is 5.56. The third kappa shape index (κ3) is 2.30. The molecule has 5 heteroatoms. The van der Waals surface area contributed by atoms with Gasteiger partial charge in [0.2, 0.25) is 0 Å². The van der Waals surface area contributed by atoms with Crippen LogP contribution in [0.1, 0.15) is 5.69 Å². The number of likely N-dealkylation sites (N-methyl/N-ethyl adjacent to an activating group) is 1. The van der Waals surface area contributed by atoms with Gasteiger partial charge in [0.25, 0.3) is 0 Å². The van der Waals surface area contributed by atoms with Crippen LogP contribution in [0.15, 0.2) is 29.0 Å². The molecule has 0 spiro atoms. The molecule has 3 heterocycles. The summed E-state index contributed by atoms with van der Waals surface area (Å²) in [5, 5.41) is 0. The maximum absolute atomic E-state index is 4.48. The summed E-state index contributed by atoms with van der Waals surface area (Å²) in [6.07, 6.45) is 4.07. The Hall–Kier alpha value is -0.910. The van der Waals surface area contributed by atoms with E-state index in [1.165, 1.54) is 5.69 Å². The van der Waals surface area contributed by atoms with Crippen LogP contribution in [-0.4, -0.2) is 52.4 Å². The van der Waals surface area contributed by atoms with Crippen LogP contribution in [0.3, 0.4) is 0 Å². The van der Waals surface area contributed by atoms with E-state index in [0.717, 1.165) is 42.8 Å². The molecule has 0 aliphatic carbocycles. The number of hydrogen-bond donors (Lipinski definition) is 0. The number of hydrogen-bond acceptors (Lipinski definition) is 3. The molecule has 0 aromatic carbocycles. The van der Waals surface area contributed by atoms with E-state index in [2.05, 4.69) is 48.4 Å². The van der Waals surface area contributed by atoms with E-state index in [-0.39, 0.29) is 0 Å². The number of piperazine rings is 1. The molecule has 1 aliphatic rings. The number of halogens is 1. The maximum atomic E-state index is 4.48. The SMILES string of the molecule is CN1CCN(Cc2cnc3c(Br)cccn23)CC1. The van der Waals surface area contributed by atoms with Crippen molar-refractivity contribution in [3.8, 4) is 0 Å². The van der Waals surface area contributed by atoms with E-state index in [4.69, 9.17) is 0 Å². The second-order valence-corrected chi connectivity index (χ2v) is 5.73. The van der Waals surface area contributed by atoms with Crippen LogP contribution in [0.4, 0.5) is 0 Å². The maximum Gasteiger partial charge on any atom is 0.151 e. The van der Waals surface area contributed by atoms with Crippen molar-refractivity contribution in [2.75, 3.05) is 33.2 Å². The molecule has 0 atom stereocenters. The van der Waals surface area contributed by atoms with Crippen LogP contribution in [0.25, 0.3) is 5.65 Å². The zero-order valence-corrected chi connectivity index (χ0v) is 12.1. The monoisotopic (exact) mass is 308 g/mol. The summed E-state index contributed by atoms with van der Waals surface area (Å²) in [5.41, 5.74) is 2.26. The number of fused-ring (bicyclic) bond motifs is 1. The lowest BCUT2D eigenvalue weighted by atomic mass is 10.3. The van der Waals surface area contributed by atoms with E-state index in [1.54, 1.807) is 0 Å². The lowest BCUT2D eigenvalue weighted by molar-refractivity contribution is 0.146. The fourth-order valence-corrected chi connectivity index (χ4v) is 2.83. The normalized spacial score (nSPS) is 18.6. The molecule has 0 amide bonds. The quantitative estimate of drug-likeness (QED) is 0.846. The summed E-state index contributed by atoms with van der Waals surface area (Å²) < 4.78 is 3.22. The number of rotatable bonds is 2. The van der Waals surface area contributed by atoms with Crippen molar-refractivity contribution in [3.05, 3.63) is 34.7 Å². The van der Waals surface area contributed by atoms with Gasteiger partial charge in [-0.05, 0) is 35.1 Å². The number of aromatic nitrogens is 2. The molecule has 2 aromatic heterocycles. The Morgan fingerprint density at radius 2 is 2.06 bits per heavy atom. The predicted octanol–water partition coefficient (Wildman–Crippen LogP) is 1.84. The number of nitrogens with zero attached hydrogens (tertiary/aromatic N) is 4. The number of imidazole rings is 1. The highest BCUT2D eigenvalue weighted by molar-refractivity contribution is 9.10. The van der Waals surface area contributed by atoms with Crippen LogP contribution < -0.4 is 0 Å². The van der Waals surface area contributed by atoms with E-state index >= 15 is 0 Å². The van der Waals surface area contributed by atoms with Crippen molar-refractivity contribution in [1.82, 2.24) is 19.2 Å². The Labute approximate surface area is 115 Å². The molecular formula is C13H17BrN4. The number of pyridine rings is 1. The Morgan fingerprint density at radius 1 is 1.28 bits per heavy atom. The fourth-order valence-electron chi connectivity index (χ4n) is 2.38. The minimum absolute atomic E-state index is 0.978. The van der Waals surface area contributed by atoms with Crippen LogP contribution in [0.5, 0.6) is 0 Å². The lowest BCUT2D eigenvalue weighted by Crippen LogP contribution is -2.44. The second-order valence-electron chi connectivity index (χ2n) is 4.88. The Balaban J connectivity index is 1.81. The first kappa shape index (κ1) is 12.1. The molecule has 4 nitrogen and oxygen atoms in total. The van der Waals surface area contributed by atoms with Gasteiger partial charge in [0, 0.05) is 38.9 Å². The lowest BCUT2D eigenvalue weighted by Gasteiger charge is -2.32. The van der Waals surface area contributed by atoms with Crippen molar-refractivity contribution in [3.63, 3.8) is 0 Å². The third-order valence-corrected chi connectivity index (χ3v) is 4.17. The average Bonchev–Trinajstić information content (AvgIpc) is 2.77. The van der Waals surface area contributed by atoms with Gasteiger partial charge in [0.05, 0.1) is 16.4 Å². The van der Waals surface area contributed by atoms with E-state index in [9.17, 15) is 0 Å². The highest BCUT2D eigenvalue weighted by Gasteiger charge is 2.15. The van der Waals surface area contributed by atoms with Gasteiger partial charge in [-0.1, -0.05) is 0 Å². The van der Waals surface area contributed by atoms with Gasteiger partial charge in [0.15, 0.2) is 5.65 Å². The highest BCUT2D eigenvalue weighted by Crippen LogP contribution is 2.18. The minimum atomic E-state index is 0.978. The second kappa shape index (κ2) is 4.99. The molecule has 0 saturated carbocycles. The van der Waals surface area contributed by atoms with Gasteiger partial charge in [0.1, 0.15) is 0 Å². The Morgan fingerprint density at radius 3 is 2.83 bits per heavy atom. The van der Waals surface area contributed by atoms with Gasteiger partial charge in [-0.15, -0.1) is 0 Å². The van der Waals surface area contributed by atoms with E-state index in [1.807, 2.05) is 18.3 Å². The van der Waals surface area contributed by atoms with E-state index < -0.39 is 0 Å². The Kier molecular flexibility index (Phi) is 3.37. The van der Waals surface area contributed by atoms with Crippen molar-refractivity contribution in [2.45, 2.75) is 6.54 Å². The standard InChI is InChI=1S/C13H17BrN4/c1-16-5-7-17(8-6-16)10-11-9-15-13-12(14)3-2-4-18(11)13/h2-4,9H,5-8,10H2,1H3. The molecule has 1 fully saturated rings. The molecule has 0 unspecified atom stereocenters.